The molecule has 0 aliphatic rings. The summed E-state index contributed by atoms with van der Waals surface area (Å²) in [5, 5.41) is 28.9. The zero-order chi connectivity index (χ0) is 13.3. The van der Waals surface area contributed by atoms with Crippen LogP contribution in [0.25, 0.3) is 0 Å². The van der Waals surface area contributed by atoms with Crippen LogP contribution in [0.3, 0.4) is 0 Å². The van der Waals surface area contributed by atoms with Gasteiger partial charge >= 0.3 is 10.1 Å². The fourth-order valence-corrected chi connectivity index (χ4v) is 2.25. The molecule has 17 heavy (non-hydrogen) atoms. The minimum absolute atomic E-state index is 0.396. The molecule has 1 aromatic rings. The lowest BCUT2D eigenvalue weighted by Crippen LogP contribution is -2.55. The maximum absolute atomic E-state index is 11.2. The average Bonchev–Trinajstić information content (AvgIpc) is 2.27. The fraction of sp³-hybridized carbons (Fsp3) is 0.200. The molecule has 0 bridgehead atoms. The predicted octanol–water partition coefficient (Wildman–Crippen LogP) is -0.414. The van der Waals surface area contributed by atoms with E-state index in [0.29, 0.717) is 6.08 Å². The Labute approximate surface area is 98.2 Å². The lowest BCUT2D eigenvalue weighted by atomic mass is 10.0. The molecule has 7 heteroatoms. The Morgan fingerprint density at radius 3 is 1.94 bits per heavy atom. The van der Waals surface area contributed by atoms with E-state index in [1.54, 1.807) is 0 Å². The second-order valence-electron chi connectivity index (χ2n) is 3.42. The van der Waals surface area contributed by atoms with Gasteiger partial charge in [0.25, 0.3) is 4.93 Å². The SMILES string of the molecule is C=CC(O)(O)C(O)(c1ccccc1)S(=O)(=O)O. The summed E-state index contributed by atoms with van der Waals surface area (Å²) < 4.78 is 31.4. The van der Waals surface area contributed by atoms with Crippen molar-refractivity contribution in [3.8, 4) is 0 Å². The van der Waals surface area contributed by atoms with E-state index in [1.807, 2.05) is 0 Å². The smallest absolute Gasteiger partial charge is 0.305 e. The summed E-state index contributed by atoms with van der Waals surface area (Å²) in [4.78, 5) is -3.30. The normalized spacial score (nSPS) is 16.2. The van der Waals surface area contributed by atoms with Gasteiger partial charge in [-0.05, 0) is 6.08 Å². The molecule has 0 aliphatic heterocycles. The van der Waals surface area contributed by atoms with Crippen LogP contribution in [0.2, 0.25) is 0 Å². The van der Waals surface area contributed by atoms with E-state index in [1.165, 1.54) is 18.2 Å². The van der Waals surface area contributed by atoms with Gasteiger partial charge in [0.1, 0.15) is 0 Å². The van der Waals surface area contributed by atoms with Crippen molar-refractivity contribution in [1.29, 1.82) is 0 Å². The van der Waals surface area contributed by atoms with E-state index >= 15 is 0 Å². The first kappa shape index (κ1) is 13.8. The van der Waals surface area contributed by atoms with Gasteiger partial charge in [-0.25, -0.2) is 0 Å². The molecule has 1 atom stereocenters. The van der Waals surface area contributed by atoms with E-state index < -0.39 is 26.4 Å². The molecule has 0 aliphatic carbocycles. The Morgan fingerprint density at radius 1 is 1.12 bits per heavy atom. The van der Waals surface area contributed by atoms with E-state index in [0.717, 1.165) is 12.1 Å². The number of rotatable bonds is 4. The molecule has 1 aromatic carbocycles. The van der Waals surface area contributed by atoms with Crippen molar-refractivity contribution in [2.75, 3.05) is 0 Å². The molecular formula is C10H12O6S. The molecule has 1 rings (SSSR count). The Hall–Kier alpha value is -1.25. The maximum atomic E-state index is 11.2. The lowest BCUT2D eigenvalue weighted by molar-refractivity contribution is -0.213. The first-order chi connectivity index (χ1) is 7.67. The highest BCUT2D eigenvalue weighted by Gasteiger charge is 2.58. The van der Waals surface area contributed by atoms with Crippen LogP contribution < -0.4 is 0 Å². The van der Waals surface area contributed by atoms with Crippen LogP contribution in [0.4, 0.5) is 0 Å². The Balaban J connectivity index is 3.59. The third-order valence-electron chi connectivity index (χ3n) is 2.32. The molecule has 0 aromatic heterocycles. The fourth-order valence-electron chi connectivity index (χ4n) is 1.35. The van der Waals surface area contributed by atoms with Gasteiger partial charge < -0.3 is 15.3 Å². The zero-order valence-electron chi connectivity index (χ0n) is 8.68. The van der Waals surface area contributed by atoms with Gasteiger partial charge in [-0.15, -0.1) is 0 Å². The summed E-state index contributed by atoms with van der Waals surface area (Å²) in [6, 6.07) is 6.50. The van der Waals surface area contributed by atoms with Crippen molar-refractivity contribution in [2.24, 2.45) is 0 Å². The molecule has 0 fully saturated rings. The highest BCUT2D eigenvalue weighted by atomic mass is 32.2. The summed E-state index contributed by atoms with van der Waals surface area (Å²) >= 11 is 0. The minimum atomic E-state index is -5.20. The van der Waals surface area contributed by atoms with Crippen LogP contribution in [0.1, 0.15) is 5.56 Å². The molecule has 94 valence electrons. The third-order valence-corrected chi connectivity index (χ3v) is 3.60. The van der Waals surface area contributed by atoms with Gasteiger partial charge in [0, 0.05) is 5.56 Å². The van der Waals surface area contributed by atoms with E-state index in [4.69, 9.17) is 4.55 Å². The molecule has 1 unspecified atom stereocenters. The van der Waals surface area contributed by atoms with Crippen molar-refractivity contribution >= 4 is 10.1 Å². The van der Waals surface area contributed by atoms with Crippen LogP contribution >= 0.6 is 0 Å². The van der Waals surface area contributed by atoms with Crippen molar-refractivity contribution < 1.29 is 28.3 Å². The van der Waals surface area contributed by atoms with Gasteiger partial charge in [0.05, 0.1) is 0 Å². The lowest BCUT2D eigenvalue weighted by Gasteiger charge is -2.34. The van der Waals surface area contributed by atoms with Gasteiger partial charge in [-0.3, -0.25) is 4.55 Å². The number of hydrogen-bond donors (Lipinski definition) is 4. The van der Waals surface area contributed by atoms with Crippen molar-refractivity contribution in [3.63, 3.8) is 0 Å². The quantitative estimate of drug-likeness (QED) is 0.332. The molecule has 0 spiro atoms. The molecule has 0 saturated heterocycles. The van der Waals surface area contributed by atoms with Crippen LogP contribution in [0.15, 0.2) is 43.0 Å². The molecule has 6 nitrogen and oxygen atoms in total. The van der Waals surface area contributed by atoms with E-state index in [9.17, 15) is 23.7 Å². The van der Waals surface area contributed by atoms with Crippen LogP contribution in [-0.4, -0.2) is 34.1 Å². The van der Waals surface area contributed by atoms with Crippen LogP contribution in [0.5, 0.6) is 0 Å². The summed E-state index contributed by atoms with van der Waals surface area (Å²) in [5.41, 5.74) is -0.396. The predicted molar refractivity (Wildman–Crippen MR) is 59.3 cm³/mol. The van der Waals surface area contributed by atoms with E-state index in [-0.39, 0.29) is 0 Å². The molecule has 0 saturated carbocycles. The Bertz CT molecular complexity index is 507. The number of benzene rings is 1. The summed E-state index contributed by atoms with van der Waals surface area (Å²) in [7, 11) is -5.20. The molecular weight excluding hydrogens is 248 g/mol. The third kappa shape index (κ3) is 2.11. The van der Waals surface area contributed by atoms with Gasteiger partial charge in [0.2, 0.25) is 5.79 Å². The standard InChI is InChI=1S/C10H12O6S/c1-2-9(11,12)10(13,17(14,15)16)8-6-4-3-5-7-8/h2-7,11-13H,1H2,(H,14,15,16). The monoisotopic (exact) mass is 260 g/mol. The minimum Gasteiger partial charge on any atom is -0.365 e. The first-order valence-electron chi connectivity index (χ1n) is 4.50. The highest BCUT2D eigenvalue weighted by Crippen LogP contribution is 2.36. The Kier molecular flexibility index (Phi) is 3.42. The largest absolute Gasteiger partial charge is 0.365 e. The molecule has 0 amide bonds. The van der Waals surface area contributed by atoms with Gasteiger partial charge in [-0.2, -0.15) is 8.42 Å². The first-order valence-corrected chi connectivity index (χ1v) is 5.94. The highest BCUT2D eigenvalue weighted by molar-refractivity contribution is 7.86. The molecule has 4 N–H and O–H groups in total. The summed E-state index contributed by atoms with van der Waals surface area (Å²) in [5.74, 6) is -3.23. The molecule has 0 radical (unpaired) electrons. The van der Waals surface area contributed by atoms with E-state index in [2.05, 4.69) is 6.58 Å². The second-order valence-corrected chi connectivity index (χ2v) is 4.96. The van der Waals surface area contributed by atoms with Gasteiger partial charge in [0.15, 0.2) is 0 Å². The topological polar surface area (TPSA) is 115 Å². The number of aliphatic hydroxyl groups is 3. The molecule has 0 heterocycles. The average molecular weight is 260 g/mol. The van der Waals surface area contributed by atoms with Gasteiger partial charge in [-0.1, -0.05) is 36.9 Å². The van der Waals surface area contributed by atoms with Crippen LogP contribution in [0, 0.1) is 0 Å². The summed E-state index contributed by atoms with van der Waals surface area (Å²) in [6.07, 6.45) is 0.410. The Morgan fingerprint density at radius 2 is 1.59 bits per heavy atom. The van der Waals surface area contributed by atoms with Crippen molar-refractivity contribution in [1.82, 2.24) is 0 Å². The second kappa shape index (κ2) is 4.21. The summed E-state index contributed by atoms with van der Waals surface area (Å²) in [6.45, 7) is 3.00. The zero-order valence-corrected chi connectivity index (χ0v) is 9.50. The van der Waals surface area contributed by atoms with Crippen molar-refractivity contribution in [3.05, 3.63) is 48.6 Å². The van der Waals surface area contributed by atoms with Crippen molar-refractivity contribution in [2.45, 2.75) is 10.7 Å². The number of hydrogen-bond acceptors (Lipinski definition) is 5. The maximum Gasteiger partial charge on any atom is 0.305 e. The van der Waals surface area contributed by atoms with Crippen LogP contribution in [-0.2, 0) is 15.1 Å².